The third kappa shape index (κ3) is 5.84. The number of terminal acetylenes is 1. The number of ether oxygens (including phenoxy) is 2. The quantitative estimate of drug-likeness (QED) is 0.774. The number of benzene rings is 1. The summed E-state index contributed by atoms with van der Waals surface area (Å²) in [5.41, 5.74) is -0.270. The van der Waals surface area contributed by atoms with Crippen LogP contribution in [0.1, 0.15) is 40.5 Å². The van der Waals surface area contributed by atoms with Crippen molar-refractivity contribution in [1.29, 1.82) is 0 Å². The molecule has 0 bridgehead atoms. The van der Waals surface area contributed by atoms with Crippen molar-refractivity contribution in [3.05, 3.63) is 24.3 Å². The minimum Gasteiger partial charge on any atom is -0.447 e. The molecule has 6 heteroatoms. The van der Waals surface area contributed by atoms with Gasteiger partial charge in [0.05, 0.1) is 6.10 Å². The van der Waals surface area contributed by atoms with Gasteiger partial charge in [0.25, 0.3) is 0 Å². The third-order valence-electron chi connectivity index (χ3n) is 3.46. The molecule has 0 aliphatic rings. The Morgan fingerprint density at radius 1 is 1.25 bits per heavy atom. The molecule has 0 fully saturated rings. The lowest BCUT2D eigenvalue weighted by Crippen LogP contribution is -2.47. The number of nitrogens with one attached hydrogen (secondary N) is 2. The van der Waals surface area contributed by atoms with Crippen LogP contribution in [-0.4, -0.2) is 23.8 Å². The summed E-state index contributed by atoms with van der Waals surface area (Å²) in [4.78, 5) is 23.6. The first-order valence-electron chi connectivity index (χ1n) is 7.89. The molecule has 0 saturated carbocycles. The fraction of sp³-hybridized carbons (Fsp3) is 0.444. The SMILES string of the molecule is C#CC(CC)(CC)NC(=O)Oc1cccc(NC(=O)OC(C)C)c1. The van der Waals surface area contributed by atoms with Crippen LogP contribution in [0.3, 0.4) is 0 Å². The fourth-order valence-electron chi connectivity index (χ4n) is 1.99. The molecule has 0 aliphatic carbocycles. The van der Waals surface area contributed by atoms with E-state index in [1.165, 1.54) is 6.07 Å². The second-order valence-electron chi connectivity index (χ2n) is 5.55. The van der Waals surface area contributed by atoms with E-state index in [2.05, 4.69) is 16.6 Å². The Kier molecular flexibility index (Phi) is 7.12. The zero-order valence-electron chi connectivity index (χ0n) is 14.5. The molecule has 130 valence electrons. The van der Waals surface area contributed by atoms with E-state index in [4.69, 9.17) is 15.9 Å². The van der Waals surface area contributed by atoms with E-state index in [0.29, 0.717) is 18.5 Å². The zero-order valence-corrected chi connectivity index (χ0v) is 14.5. The van der Waals surface area contributed by atoms with Crippen LogP contribution < -0.4 is 15.4 Å². The average molecular weight is 332 g/mol. The Morgan fingerprint density at radius 2 is 1.92 bits per heavy atom. The van der Waals surface area contributed by atoms with E-state index >= 15 is 0 Å². The first kappa shape index (κ1) is 19.4. The average Bonchev–Trinajstić information content (AvgIpc) is 2.52. The van der Waals surface area contributed by atoms with Gasteiger partial charge in [-0.05, 0) is 38.8 Å². The maximum atomic E-state index is 12.0. The summed E-state index contributed by atoms with van der Waals surface area (Å²) in [7, 11) is 0. The highest BCUT2D eigenvalue weighted by molar-refractivity contribution is 5.85. The zero-order chi connectivity index (χ0) is 18.2. The summed E-state index contributed by atoms with van der Waals surface area (Å²) >= 11 is 0. The number of carbonyl (C=O) groups excluding carboxylic acids is 2. The Labute approximate surface area is 142 Å². The van der Waals surface area contributed by atoms with Gasteiger partial charge >= 0.3 is 12.2 Å². The molecule has 0 aliphatic heterocycles. The van der Waals surface area contributed by atoms with Crippen molar-refractivity contribution >= 4 is 17.9 Å². The highest BCUT2D eigenvalue weighted by Crippen LogP contribution is 2.19. The van der Waals surface area contributed by atoms with Crippen molar-refractivity contribution in [2.24, 2.45) is 0 Å². The van der Waals surface area contributed by atoms with Gasteiger partial charge in [-0.2, -0.15) is 0 Å². The monoisotopic (exact) mass is 332 g/mol. The van der Waals surface area contributed by atoms with Crippen LogP contribution in [0.5, 0.6) is 5.75 Å². The number of carbonyl (C=O) groups is 2. The van der Waals surface area contributed by atoms with Gasteiger partial charge < -0.3 is 14.8 Å². The van der Waals surface area contributed by atoms with Crippen molar-refractivity contribution in [2.45, 2.75) is 52.2 Å². The summed E-state index contributed by atoms with van der Waals surface area (Å²) in [5, 5.41) is 5.27. The molecule has 0 saturated heterocycles. The van der Waals surface area contributed by atoms with Gasteiger partial charge in [0, 0.05) is 11.8 Å². The Bertz CT molecular complexity index is 616. The fourth-order valence-corrected chi connectivity index (χ4v) is 1.99. The van der Waals surface area contributed by atoms with Crippen LogP contribution in [0.25, 0.3) is 0 Å². The molecule has 6 nitrogen and oxygen atoms in total. The lowest BCUT2D eigenvalue weighted by molar-refractivity contribution is 0.130. The van der Waals surface area contributed by atoms with Gasteiger partial charge in [-0.15, -0.1) is 6.42 Å². The van der Waals surface area contributed by atoms with Gasteiger partial charge in [0.1, 0.15) is 11.3 Å². The molecule has 2 N–H and O–H groups in total. The van der Waals surface area contributed by atoms with E-state index in [1.807, 2.05) is 13.8 Å². The summed E-state index contributed by atoms with van der Waals surface area (Å²) < 4.78 is 10.2. The second kappa shape index (κ2) is 8.82. The Morgan fingerprint density at radius 3 is 2.46 bits per heavy atom. The molecule has 1 aromatic rings. The summed E-state index contributed by atoms with van der Waals surface area (Å²) in [6.45, 7) is 7.30. The lowest BCUT2D eigenvalue weighted by atomic mass is 9.94. The molecular weight excluding hydrogens is 308 g/mol. The molecule has 1 rings (SSSR count). The normalized spacial score (nSPS) is 10.7. The van der Waals surface area contributed by atoms with Crippen LogP contribution in [0.2, 0.25) is 0 Å². The number of hydrogen-bond acceptors (Lipinski definition) is 4. The maximum Gasteiger partial charge on any atom is 0.413 e. The van der Waals surface area contributed by atoms with Gasteiger partial charge in [-0.25, -0.2) is 9.59 Å². The number of rotatable bonds is 6. The van der Waals surface area contributed by atoms with Gasteiger partial charge in [-0.3, -0.25) is 5.32 Å². The van der Waals surface area contributed by atoms with Crippen LogP contribution in [0, 0.1) is 12.3 Å². The van der Waals surface area contributed by atoms with E-state index < -0.39 is 17.7 Å². The molecule has 0 spiro atoms. The molecule has 1 aromatic carbocycles. The van der Waals surface area contributed by atoms with Gasteiger partial charge in [0.15, 0.2) is 0 Å². The van der Waals surface area contributed by atoms with E-state index in [1.54, 1.807) is 32.0 Å². The molecule has 0 heterocycles. The minimum absolute atomic E-state index is 0.227. The van der Waals surface area contributed by atoms with Gasteiger partial charge in [0.2, 0.25) is 0 Å². The van der Waals surface area contributed by atoms with Crippen LogP contribution in [0.4, 0.5) is 15.3 Å². The van der Waals surface area contributed by atoms with Crippen molar-refractivity contribution in [3.63, 3.8) is 0 Å². The highest BCUT2D eigenvalue weighted by atomic mass is 16.6. The van der Waals surface area contributed by atoms with Crippen molar-refractivity contribution in [3.8, 4) is 18.1 Å². The Hall–Kier alpha value is -2.68. The highest BCUT2D eigenvalue weighted by Gasteiger charge is 2.26. The van der Waals surface area contributed by atoms with Crippen molar-refractivity contribution < 1.29 is 19.1 Å². The standard InChI is InChI=1S/C18H24N2O4/c1-6-18(7-2,8-3)20-17(22)24-15-11-9-10-14(12-15)19-16(21)23-13(4)5/h1,9-13H,7-8H2,2-5H3,(H,19,21)(H,20,22). The molecule has 2 amide bonds. The second-order valence-corrected chi connectivity index (χ2v) is 5.55. The minimum atomic E-state index is -0.728. The summed E-state index contributed by atoms with van der Waals surface area (Å²) in [6, 6.07) is 6.45. The van der Waals surface area contributed by atoms with Crippen LogP contribution in [-0.2, 0) is 4.74 Å². The largest absolute Gasteiger partial charge is 0.447 e. The first-order chi connectivity index (χ1) is 11.3. The third-order valence-corrected chi connectivity index (χ3v) is 3.46. The van der Waals surface area contributed by atoms with E-state index in [9.17, 15) is 9.59 Å². The predicted octanol–water partition coefficient (Wildman–Crippen LogP) is 3.92. The van der Waals surface area contributed by atoms with Crippen molar-refractivity contribution in [1.82, 2.24) is 5.32 Å². The Balaban J connectivity index is 2.72. The number of hydrogen-bond donors (Lipinski definition) is 2. The molecule has 0 radical (unpaired) electrons. The van der Waals surface area contributed by atoms with Gasteiger partial charge in [-0.1, -0.05) is 25.8 Å². The molecule has 0 aromatic heterocycles. The number of anilines is 1. The first-order valence-corrected chi connectivity index (χ1v) is 7.89. The molecule has 0 unspecified atom stereocenters. The van der Waals surface area contributed by atoms with E-state index in [0.717, 1.165) is 0 Å². The van der Waals surface area contributed by atoms with Crippen molar-refractivity contribution in [2.75, 3.05) is 5.32 Å². The lowest BCUT2D eigenvalue weighted by Gasteiger charge is -2.26. The molecule has 0 atom stereocenters. The summed E-state index contributed by atoms with van der Waals surface area (Å²) in [6.07, 6.45) is 5.26. The smallest absolute Gasteiger partial charge is 0.413 e. The maximum absolute atomic E-state index is 12.0. The van der Waals surface area contributed by atoms with Crippen LogP contribution in [0.15, 0.2) is 24.3 Å². The van der Waals surface area contributed by atoms with Crippen LogP contribution >= 0.6 is 0 Å². The van der Waals surface area contributed by atoms with E-state index in [-0.39, 0.29) is 11.9 Å². The topological polar surface area (TPSA) is 76.7 Å². The summed E-state index contributed by atoms with van der Waals surface area (Å²) in [5.74, 6) is 2.89. The molecule has 24 heavy (non-hydrogen) atoms. The number of amides is 2. The predicted molar refractivity (Wildman–Crippen MR) is 93.0 cm³/mol. The molecular formula is C18H24N2O4.